The SMILES string of the molecule is C=C(C)C(=O)OC1(C)CCc2cc(C)ccc21. The zero-order valence-corrected chi connectivity index (χ0v) is 10.7. The van der Waals surface area contributed by atoms with Gasteiger partial charge in [0.25, 0.3) is 0 Å². The summed E-state index contributed by atoms with van der Waals surface area (Å²) in [5.74, 6) is -0.305. The Hall–Kier alpha value is -1.57. The molecule has 1 aromatic carbocycles. The fourth-order valence-corrected chi connectivity index (χ4v) is 2.35. The van der Waals surface area contributed by atoms with E-state index >= 15 is 0 Å². The summed E-state index contributed by atoms with van der Waals surface area (Å²) >= 11 is 0. The first-order valence-corrected chi connectivity index (χ1v) is 5.91. The summed E-state index contributed by atoms with van der Waals surface area (Å²) in [6.07, 6.45) is 1.82. The van der Waals surface area contributed by atoms with Crippen LogP contribution in [0.25, 0.3) is 0 Å². The number of hydrogen-bond donors (Lipinski definition) is 0. The monoisotopic (exact) mass is 230 g/mol. The van der Waals surface area contributed by atoms with Gasteiger partial charge in [0, 0.05) is 5.57 Å². The molecule has 0 spiro atoms. The predicted octanol–water partition coefficient (Wildman–Crippen LogP) is 3.28. The Labute approximate surface area is 102 Å². The van der Waals surface area contributed by atoms with Gasteiger partial charge < -0.3 is 4.74 Å². The van der Waals surface area contributed by atoms with Gasteiger partial charge in [-0.15, -0.1) is 0 Å². The summed E-state index contributed by atoms with van der Waals surface area (Å²) in [4.78, 5) is 11.7. The van der Waals surface area contributed by atoms with Crippen LogP contribution in [0.4, 0.5) is 0 Å². The largest absolute Gasteiger partial charge is 0.451 e. The van der Waals surface area contributed by atoms with Gasteiger partial charge in [0.15, 0.2) is 0 Å². The highest BCUT2D eigenvalue weighted by Crippen LogP contribution is 2.40. The second-order valence-electron chi connectivity index (χ2n) is 5.06. The molecule has 0 aliphatic heterocycles. The molecular formula is C15H18O2. The molecule has 0 N–H and O–H groups in total. The van der Waals surface area contributed by atoms with Crippen molar-refractivity contribution in [1.82, 2.24) is 0 Å². The van der Waals surface area contributed by atoms with E-state index in [0.717, 1.165) is 18.4 Å². The molecule has 0 amide bonds. The van der Waals surface area contributed by atoms with Crippen LogP contribution < -0.4 is 0 Å². The minimum absolute atomic E-state index is 0.305. The van der Waals surface area contributed by atoms with Crippen LogP contribution in [0.2, 0.25) is 0 Å². The number of ether oxygens (including phenoxy) is 1. The van der Waals surface area contributed by atoms with Gasteiger partial charge in [0.05, 0.1) is 0 Å². The van der Waals surface area contributed by atoms with Crippen LogP contribution in [0.5, 0.6) is 0 Å². The maximum atomic E-state index is 11.7. The van der Waals surface area contributed by atoms with Crippen LogP contribution in [-0.2, 0) is 21.6 Å². The zero-order valence-electron chi connectivity index (χ0n) is 10.7. The molecule has 2 rings (SSSR count). The van der Waals surface area contributed by atoms with E-state index in [-0.39, 0.29) is 5.97 Å². The molecule has 1 unspecified atom stereocenters. The standard InChI is InChI=1S/C15H18O2/c1-10(2)14(16)17-15(4)8-7-12-9-11(3)5-6-13(12)15/h5-6,9H,1,7-8H2,2-4H3. The minimum Gasteiger partial charge on any atom is -0.451 e. The Balaban J connectivity index is 2.31. The maximum Gasteiger partial charge on any atom is 0.333 e. The molecule has 1 aromatic rings. The van der Waals surface area contributed by atoms with Gasteiger partial charge in [-0.25, -0.2) is 4.79 Å². The van der Waals surface area contributed by atoms with Crippen molar-refractivity contribution < 1.29 is 9.53 Å². The molecular weight excluding hydrogens is 212 g/mol. The van der Waals surface area contributed by atoms with Crippen molar-refractivity contribution in [3.05, 3.63) is 47.0 Å². The number of hydrogen-bond acceptors (Lipinski definition) is 2. The van der Waals surface area contributed by atoms with E-state index in [2.05, 4.69) is 31.7 Å². The summed E-state index contributed by atoms with van der Waals surface area (Å²) in [5, 5.41) is 0. The van der Waals surface area contributed by atoms with Crippen molar-refractivity contribution in [2.45, 2.75) is 39.2 Å². The molecule has 0 heterocycles. The van der Waals surface area contributed by atoms with Crippen molar-refractivity contribution >= 4 is 5.97 Å². The van der Waals surface area contributed by atoms with Crippen LogP contribution >= 0.6 is 0 Å². The van der Waals surface area contributed by atoms with Crippen molar-refractivity contribution in [2.75, 3.05) is 0 Å². The molecule has 1 aliphatic carbocycles. The first kappa shape index (κ1) is 11.9. The average molecular weight is 230 g/mol. The van der Waals surface area contributed by atoms with Crippen molar-refractivity contribution in [3.63, 3.8) is 0 Å². The molecule has 0 fully saturated rings. The minimum atomic E-state index is -0.487. The molecule has 0 saturated carbocycles. The number of benzene rings is 1. The molecule has 90 valence electrons. The van der Waals surface area contributed by atoms with E-state index in [4.69, 9.17) is 4.74 Å². The van der Waals surface area contributed by atoms with Gasteiger partial charge in [0.1, 0.15) is 5.60 Å². The number of esters is 1. The molecule has 0 radical (unpaired) electrons. The third kappa shape index (κ3) is 2.12. The van der Waals surface area contributed by atoms with E-state index in [1.54, 1.807) is 6.92 Å². The number of carbonyl (C=O) groups excluding carboxylic acids is 1. The topological polar surface area (TPSA) is 26.3 Å². The van der Waals surface area contributed by atoms with Crippen LogP contribution in [0.15, 0.2) is 30.4 Å². The van der Waals surface area contributed by atoms with Gasteiger partial charge in [0.2, 0.25) is 0 Å². The fourth-order valence-electron chi connectivity index (χ4n) is 2.35. The van der Waals surface area contributed by atoms with Crippen LogP contribution in [0, 0.1) is 6.92 Å². The second kappa shape index (κ2) is 4.02. The van der Waals surface area contributed by atoms with Gasteiger partial charge in [-0.2, -0.15) is 0 Å². The number of carbonyl (C=O) groups is 1. The molecule has 1 aliphatic rings. The molecule has 0 aromatic heterocycles. The lowest BCUT2D eigenvalue weighted by molar-refractivity contribution is -0.154. The molecule has 1 atom stereocenters. The van der Waals surface area contributed by atoms with Crippen molar-refractivity contribution in [2.24, 2.45) is 0 Å². The van der Waals surface area contributed by atoms with Gasteiger partial charge in [-0.05, 0) is 44.7 Å². The van der Waals surface area contributed by atoms with Crippen LogP contribution in [0.3, 0.4) is 0 Å². The number of aryl methyl sites for hydroxylation is 2. The maximum absolute atomic E-state index is 11.7. The predicted molar refractivity (Wildman–Crippen MR) is 67.8 cm³/mol. The second-order valence-corrected chi connectivity index (χ2v) is 5.06. The summed E-state index contributed by atoms with van der Waals surface area (Å²) in [5.41, 5.74) is 3.64. The average Bonchev–Trinajstić information content (AvgIpc) is 2.55. The quantitative estimate of drug-likeness (QED) is 0.575. The Morgan fingerprint density at radius 1 is 1.47 bits per heavy atom. The van der Waals surface area contributed by atoms with Crippen LogP contribution in [-0.4, -0.2) is 5.97 Å². The van der Waals surface area contributed by atoms with Gasteiger partial charge >= 0.3 is 5.97 Å². The fraction of sp³-hybridized carbons (Fsp3) is 0.400. The molecule has 17 heavy (non-hydrogen) atoms. The lowest BCUT2D eigenvalue weighted by atomic mass is 9.97. The normalized spacial score (nSPS) is 22.1. The number of rotatable bonds is 2. The molecule has 2 nitrogen and oxygen atoms in total. The lowest BCUT2D eigenvalue weighted by Gasteiger charge is -2.26. The first-order valence-electron chi connectivity index (χ1n) is 5.91. The molecule has 2 heteroatoms. The Kier molecular flexibility index (Phi) is 2.82. The van der Waals surface area contributed by atoms with Crippen LogP contribution in [0.1, 0.15) is 37.0 Å². The smallest absolute Gasteiger partial charge is 0.333 e. The third-order valence-corrected chi connectivity index (χ3v) is 3.37. The Bertz CT molecular complexity index is 488. The lowest BCUT2D eigenvalue weighted by Crippen LogP contribution is -2.26. The van der Waals surface area contributed by atoms with E-state index in [9.17, 15) is 4.79 Å². The van der Waals surface area contributed by atoms with Gasteiger partial charge in [-0.3, -0.25) is 0 Å². The summed E-state index contributed by atoms with van der Waals surface area (Å²) in [6, 6.07) is 6.32. The van der Waals surface area contributed by atoms with Crippen molar-refractivity contribution in [1.29, 1.82) is 0 Å². The number of fused-ring (bicyclic) bond motifs is 1. The first-order chi connectivity index (χ1) is 7.92. The third-order valence-electron chi connectivity index (χ3n) is 3.37. The zero-order chi connectivity index (χ0) is 12.6. The van der Waals surface area contributed by atoms with E-state index in [0.29, 0.717) is 5.57 Å². The van der Waals surface area contributed by atoms with E-state index < -0.39 is 5.60 Å². The Morgan fingerprint density at radius 2 is 2.18 bits per heavy atom. The highest BCUT2D eigenvalue weighted by atomic mass is 16.6. The molecule has 0 bridgehead atoms. The molecule has 0 saturated heterocycles. The summed E-state index contributed by atoms with van der Waals surface area (Å²) in [7, 11) is 0. The Morgan fingerprint density at radius 3 is 2.82 bits per heavy atom. The van der Waals surface area contributed by atoms with E-state index in [1.807, 2.05) is 6.92 Å². The summed E-state index contributed by atoms with van der Waals surface area (Å²) < 4.78 is 5.59. The van der Waals surface area contributed by atoms with Gasteiger partial charge in [-0.1, -0.05) is 30.3 Å². The summed E-state index contributed by atoms with van der Waals surface area (Å²) in [6.45, 7) is 9.36. The van der Waals surface area contributed by atoms with Crippen molar-refractivity contribution in [3.8, 4) is 0 Å². The highest BCUT2D eigenvalue weighted by molar-refractivity contribution is 5.87. The highest BCUT2D eigenvalue weighted by Gasteiger charge is 2.37. The van der Waals surface area contributed by atoms with E-state index in [1.165, 1.54) is 11.1 Å².